The molecular formula is C15H19N3O2S2. The molecule has 2 aromatic rings. The molecule has 1 amide bonds. The van der Waals surface area contributed by atoms with E-state index in [4.69, 9.17) is 4.52 Å². The third kappa shape index (κ3) is 4.33. The van der Waals surface area contributed by atoms with Gasteiger partial charge in [0.05, 0.1) is 16.4 Å². The summed E-state index contributed by atoms with van der Waals surface area (Å²) in [6.45, 7) is 0. The number of rotatable bonds is 6. The van der Waals surface area contributed by atoms with Gasteiger partial charge in [-0.3, -0.25) is 4.79 Å². The molecular weight excluding hydrogens is 318 g/mol. The van der Waals surface area contributed by atoms with E-state index in [1.165, 1.54) is 31.0 Å². The standard InChI is InChI=1S/C15H19N3O2S2/c19-13(16-11-5-2-1-3-6-11)9-21-10-14-17-15(18-20-14)12-7-4-8-22-12/h4,7-8,11H,1-3,5-6,9-10H2,(H,16,19). The molecule has 0 aromatic carbocycles. The Bertz CT molecular complexity index is 592. The number of hydrogen-bond acceptors (Lipinski definition) is 6. The van der Waals surface area contributed by atoms with Crippen molar-refractivity contribution < 1.29 is 9.32 Å². The van der Waals surface area contributed by atoms with Crippen molar-refractivity contribution in [2.75, 3.05) is 5.75 Å². The Balaban J connectivity index is 1.40. The van der Waals surface area contributed by atoms with Crippen LogP contribution in [0, 0.1) is 0 Å². The van der Waals surface area contributed by atoms with Gasteiger partial charge in [0.25, 0.3) is 0 Å². The maximum atomic E-state index is 11.9. The molecule has 1 saturated carbocycles. The molecule has 118 valence electrons. The number of nitrogens with zero attached hydrogens (tertiary/aromatic N) is 2. The fraction of sp³-hybridized carbons (Fsp3) is 0.533. The SMILES string of the molecule is O=C(CSCc1nc(-c2cccs2)no1)NC1CCCCC1. The maximum absolute atomic E-state index is 11.9. The van der Waals surface area contributed by atoms with E-state index < -0.39 is 0 Å². The van der Waals surface area contributed by atoms with Gasteiger partial charge < -0.3 is 9.84 Å². The zero-order chi connectivity index (χ0) is 15.2. The molecule has 2 aromatic heterocycles. The second kappa shape index (κ2) is 7.78. The average molecular weight is 337 g/mol. The molecule has 0 radical (unpaired) electrons. The number of hydrogen-bond donors (Lipinski definition) is 1. The summed E-state index contributed by atoms with van der Waals surface area (Å²) < 4.78 is 5.21. The van der Waals surface area contributed by atoms with Gasteiger partial charge >= 0.3 is 0 Å². The van der Waals surface area contributed by atoms with Crippen LogP contribution in [0.4, 0.5) is 0 Å². The third-order valence-corrected chi connectivity index (χ3v) is 5.42. The van der Waals surface area contributed by atoms with Crippen molar-refractivity contribution in [1.29, 1.82) is 0 Å². The van der Waals surface area contributed by atoms with Crippen LogP contribution in [-0.2, 0) is 10.5 Å². The summed E-state index contributed by atoms with van der Waals surface area (Å²) in [6.07, 6.45) is 5.98. The molecule has 7 heteroatoms. The molecule has 5 nitrogen and oxygen atoms in total. The predicted molar refractivity (Wildman–Crippen MR) is 88.8 cm³/mol. The van der Waals surface area contributed by atoms with E-state index in [0.717, 1.165) is 17.7 Å². The van der Waals surface area contributed by atoms with Crippen LogP contribution in [0.25, 0.3) is 10.7 Å². The molecule has 1 N–H and O–H groups in total. The van der Waals surface area contributed by atoms with Crippen LogP contribution in [-0.4, -0.2) is 27.8 Å². The summed E-state index contributed by atoms with van der Waals surface area (Å²) in [5, 5.41) is 9.05. The number of thiophene rings is 1. The Labute approximate surface area is 137 Å². The van der Waals surface area contributed by atoms with Crippen LogP contribution in [0.2, 0.25) is 0 Å². The second-order valence-electron chi connectivity index (χ2n) is 5.38. The highest BCUT2D eigenvalue weighted by molar-refractivity contribution is 7.99. The van der Waals surface area contributed by atoms with Crippen LogP contribution < -0.4 is 5.32 Å². The largest absolute Gasteiger partial charge is 0.353 e. The van der Waals surface area contributed by atoms with Crippen molar-refractivity contribution >= 4 is 29.0 Å². The number of carbonyl (C=O) groups excluding carboxylic acids is 1. The molecule has 2 heterocycles. The lowest BCUT2D eigenvalue weighted by molar-refractivity contribution is -0.119. The van der Waals surface area contributed by atoms with E-state index in [-0.39, 0.29) is 5.91 Å². The van der Waals surface area contributed by atoms with E-state index in [9.17, 15) is 4.79 Å². The molecule has 0 aliphatic heterocycles. The average Bonchev–Trinajstić information content (AvgIpc) is 3.19. The molecule has 3 rings (SSSR count). The number of aromatic nitrogens is 2. The van der Waals surface area contributed by atoms with Gasteiger partial charge in [-0.2, -0.15) is 4.98 Å². The van der Waals surface area contributed by atoms with Crippen molar-refractivity contribution in [2.24, 2.45) is 0 Å². The first-order valence-corrected chi connectivity index (χ1v) is 9.58. The molecule has 0 unspecified atom stereocenters. The predicted octanol–water partition coefficient (Wildman–Crippen LogP) is 3.48. The molecule has 22 heavy (non-hydrogen) atoms. The summed E-state index contributed by atoms with van der Waals surface area (Å²) in [5.74, 6) is 2.30. The Morgan fingerprint density at radius 3 is 3.05 bits per heavy atom. The first kappa shape index (κ1) is 15.6. The highest BCUT2D eigenvalue weighted by atomic mass is 32.2. The van der Waals surface area contributed by atoms with Gasteiger partial charge in [0.1, 0.15) is 0 Å². The third-order valence-electron chi connectivity index (χ3n) is 3.64. The Morgan fingerprint density at radius 2 is 2.27 bits per heavy atom. The summed E-state index contributed by atoms with van der Waals surface area (Å²) >= 11 is 3.09. The normalized spacial score (nSPS) is 15.8. The van der Waals surface area contributed by atoms with Crippen LogP contribution in [0.1, 0.15) is 38.0 Å². The van der Waals surface area contributed by atoms with E-state index >= 15 is 0 Å². The first-order valence-electron chi connectivity index (χ1n) is 7.55. The van der Waals surface area contributed by atoms with Crippen molar-refractivity contribution in [3.05, 3.63) is 23.4 Å². The molecule has 0 saturated heterocycles. The zero-order valence-corrected chi connectivity index (χ0v) is 13.9. The highest BCUT2D eigenvalue weighted by Gasteiger charge is 2.16. The number of thioether (sulfide) groups is 1. The molecule has 1 fully saturated rings. The molecule has 1 aliphatic carbocycles. The van der Waals surface area contributed by atoms with Crippen molar-refractivity contribution in [3.8, 4) is 10.7 Å². The van der Waals surface area contributed by atoms with Gasteiger partial charge in [-0.1, -0.05) is 30.5 Å². The van der Waals surface area contributed by atoms with E-state index in [0.29, 0.717) is 29.3 Å². The van der Waals surface area contributed by atoms with Crippen LogP contribution >= 0.6 is 23.1 Å². The number of amides is 1. The van der Waals surface area contributed by atoms with Gasteiger partial charge in [0, 0.05) is 6.04 Å². The molecule has 1 aliphatic rings. The van der Waals surface area contributed by atoms with Gasteiger partial charge in [0.15, 0.2) is 0 Å². The van der Waals surface area contributed by atoms with Crippen molar-refractivity contribution in [3.63, 3.8) is 0 Å². The number of carbonyl (C=O) groups is 1. The second-order valence-corrected chi connectivity index (χ2v) is 7.32. The van der Waals surface area contributed by atoms with Crippen LogP contribution in [0.3, 0.4) is 0 Å². The highest BCUT2D eigenvalue weighted by Crippen LogP contribution is 2.22. The van der Waals surface area contributed by atoms with Gasteiger partial charge in [-0.25, -0.2) is 0 Å². The summed E-state index contributed by atoms with van der Waals surface area (Å²) in [4.78, 5) is 17.2. The molecule has 0 spiro atoms. The van der Waals surface area contributed by atoms with Crippen molar-refractivity contribution in [2.45, 2.75) is 43.9 Å². The maximum Gasteiger partial charge on any atom is 0.236 e. The lowest BCUT2D eigenvalue weighted by Crippen LogP contribution is -2.37. The molecule has 0 bridgehead atoms. The van der Waals surface area contributed by atoms with Gasteiger partial charge in [0.2, 0.25) is 17.6 Å². The van der Waals surface area contributed by atoms with E-state index in [1.807, 2.05) is 17.5 Å². The van der Waals surface area contributed by atoms with Crippen LogP contribution in [0.15, 0.2) is 22.0 Å². The monoisotopic (exact) mass is 337 g/mol. The quantitative estimate of drug-likeness (QED) is 0.874. The Hall–Kier alpha value is -1.34. The molecule has 0 atom stereocenters. The fourth-order valence-electron chi connectivity index (χ4n) is 2.57. The lowest BCUT2D eigenvalue weighted by atomic mass is 9.95. The van der Waals surface area contributed by atoms with Gasteiger partial charge in [-0.05, 0) is 24.3 Å². The zero-order valence-electron chi connectivity index (χ0n) is 12.3. The topological polar surface area (TPSA) is 68.0 Å². The minimum Gasteiger partial charge on any atom is -0.353 e. The van der Waals surface area contributed by atoms with Crippen LogP contribution in [0.5, 0.6) is 0 Å². The van der Waals surface area contributed by atoms with Crippen molar-refractivity contribution in [1.82, 2.24) is 15.5 Å². The first-order chi connectivity index (χ1) is 10.8. The summed E-state index contributed by atoms with van der Waals surface area (Å²) in [7, 11) is 0. The smallest absolute Gasteiger partial charge is 0.236 e. The Morgan fingerprint density at radius 1 is 1.41 bits per heavy atom. The lowest BCUT2D eigenvalue weighted by Gasteiger charge is -2.22. The summed E-state index contributed by atoms with van der Waals surface area (Å²) in [6, 6.07) is 4.29. The minimum atomic E-state index is 0.106. The minimum absolute atomic E-state index is 0.106. The van der Waals surface area contributed by atoms with Gasteiger partial charge in [-0.15, -0.1) is 23.1 Å². The van der Waals surface area contributed by atoms with E-state index in [1.54, 1.807) is 11.3 Å². The fourth-order valence-corrected chi connectivity index (χ4v) is 3.88. The summed E-state index contributed by atoms with van der Waals surface area (Å²) in [5.41, 5.74) is 0. The number of nitrogens with one attached hydrogen (secondary N) is 1. The Kier molecular flexibility index (Phi) is 5.50. The van der Waals surface area contributed by atoms with E-state index in [2.05, 4.69) is 15.5 Å².